The zero-order valence-electron chi connectivity index (χ0n) is 27.5. The van der Waals surface area contributed by atoms with Crippen molar-refractivity contribution in [2.75, 3.05) is 20.3 Å². The number of hydrogen-bond acceptors (Lipinski definition) is 5. The van der Waals surface area contributed by atoms with Crippen LogP contribution in [-0.4, -0.2) is 52.6 Å². The maximum Gasteiger partial charge on any atom is 0.249 e. The Morgan fingerprint density at radius 3 is 2.47 bits per heavy atom. The molecule has 2 amide bonds. The quantitative estimate of drug-likeness (QED) is 0.172. The van der Waals surface area contributed by atoms with Gasteiger partial charge in [0.1, 0.15) is 18.2 Å². The number of carbonyl (C=O) groups excluding carboxylic acids is 2. The molecule has 3 aliphatic rings. The van der Waals surface area contributed by atoms with Crippen molar-refractivity contribution in [2.24, 2.45) is 11.7 Å². The first kappa shape index (κ1) is 32.3. The summed E-state index contributed by atoms with van der Waals surface area (Å²) in [5.74, 6) is 2.52. The van der Waals surface area contributed by atoms with E-state index >= 15 is 0 Å². The Morgan fingerprint density at radius 2 is 1.74 bits per heavy atom. The molecule has 4 N–H and O–H groups in total. The summed E-state index contributed by atoms with van der Waals surface area (Å²) in [6.45, 7) is 5.09. The lowest BCUT2D eigenvalue weighted by atomic mass is 9.73. The minimum Gasteiger partial charge on any atom is -0.507 e. The smallest absolute Gasteiger partial charge is 0.249 e. The van der Waals surface area contributed by atoms with Gasteiger partial charge in [0.05, 0.1) is 17.1 Å². The fourth-order valence-electron chi connectivity index (χ4n) is 7.70. The molecule has 1 aromatic heterocycles. The summed E-state index contributed by atoms with van der Waals surface area (Å²) in [6.07, 6.45) is 7.03. The summed E-state index contributed by atoms with van der Waals surface area (Å²) in [7, 11) is 1.56. The van der Waals surface area contributed by atoms with Gasteiger partial charge in [-0.25, -0.2) is 4.98 Å². The van der Waals surface area contributed by atoms with Crippen LogP contribution in [0.25, 0.3) is 44.1 Å². The minimum absolute atomic E-state index is 0.0165. The van der Waals surface area contributed by atoms with Crippen molar-refractivity contribution < 1.29 is 19.4 Å². The third kappa shape index (κ3) is 5.98. The van der Waals surface area contributed by atoms with Crippen molar-refractivity contribution in [3.8, 4) is 28.0 Å². The first-order valence-electron chi connectivity index (χ1n) is 16.7. The minimum atomic E-state index is -0.0345. The molecule has 8 rings (SSSR count). The number of phenols is 1. The highest BCUT2D eigenvalue weighted by atomic mass is 16.5. The SMILES string of the molecule is CCC.COCC(=O)N1CCCC1c1nc2ccc(-c3ccc(-c4ccc(O)c5ccccc45)c4c3CC3CCC43)cc2[nH]1.NC=O. The number of nitrogens with one attached hydrogen (secondary N) is 1. The molecule has 1 aliphatic heterocycles. The van der Waals surface area contributed by atoms with Crippen LogP contribution in [0.15, 0.2) is 66.7 Å². The molecule has 47 heavy (non-hydrogen) atoms. The highest BCUT2D eigenvalue weighted by Gasteiger charge is 2.42. The number of likely N-dealkylation sites (tertiary alicyclic amines) is 1. The van der Waals surface area contributed by atoms with Crippen LogP contribution in [0, 0.1) is 5.92 Å². The van der Waals surface area contributed by atoms with E-state index in [4.69, 9.17) is 14.5 Å². The second-order valence-electron chi connectivity index (χ2n) is 12.8. The number of methoxy groups -OCH3 is 1. The van der Waals surface area contributed by atoms with Crippen molar-refractivity contribution in [2.45, 2.75) is 64.3 Å². The van der Waals surface area contributed by atoms with Crippen LogP contribution >= 0.6 is 0 Å². The summed E-state index contributed by atoms with van der Waals surface area (Å²) in [5.41, 5.74) is 14.1. The Hall–Kier alpha value is -4.69. The first-order chi connectivity index (χ1) is 22.9. The summed E-state index contributed by atoms with van der Waals surface area (Å²) in [4.78, 5) is 31.6. The number of H-pyrrole nitrogens is 1. The fourth-order valence-corrected chi connectivity index (χ4v) is 7.70. The standard InChI is InChI=1S/C35H33N3O3.C3H8.CH3NO/c1-41-19-33(40)38-16-4-7-31(38)35-36-29-14-9-21(18-30(29)37-35)22-11-12-27(34-23-10-8-20(23)17-28(22)34)25-13-15-32(39)26-6-3-2-5-24(25)26;1-3-2;2-1-3/h2-3,5-6,9,11-15,18,20,23,31,39H,4,7-8,10,16-17,19H2,1H3,(H,36,37);3H2,1-2H3;1H,(H2,2,3). The molecule has 4 aromatic carbocycles. The summed E-state index contributed by atoms with van der Waals surface area (Å²) >= 11 is 0. The number of aromatic amines is 1. The van der Waals surface area contributed by atoms with Gasteiger partial charge in [0.25, 0.3) is 0 Å². The number of carbonyl (C=O) groups is 2. The van der Waals surface area contributed by atoms with Gasteiger partial charge in [-0.1, -0.05) is 68.8 Å². The van der Waals surface area contributed by atoms with E-state index in [9.17, 15) is 9.90 Å². The average molecular weight is 633 g/mol. The number of amides is 2. The second-order valence-corrected chi connectivity index (χ2v) is 12.8. The average Bonchev–Trinajstić information content (AvgIpc) is 3.78. The van der Waals surface area contributed by atoms with E-state index in [-0.39, 0.29) is 25.0 Å². The largest absolute Gasteiger partial charge is 0.507 e. The molecule has 1 saturated heterocycles. The van der Waals surface area contributed by atoms with E-state index in [1.807, 2.05) is 23.1 Å². The highest BCUT2D eigenvalue weighted by Crippen LogP contribution is 2.56. The molecule has 2 fully saturated rings. The molecule has 8 nitrogen and oxygen atoms in total. The van der Waals surface area contributed by atoms with Gasteiger partial charge in [-0.05, 0) is 101 Å². The molecular weight excluding hydrogens is 588 g/mol. The number of ether oxygens (including phenoxy) is 1. The van der Waals surface area contributed by atoms with Crippen molar-refractivity contribution in [3.63, 3.8) is 0 Å². The van der Waals surface area contributed by atoms with E-state index in [0.717, 1.165) is 53.4 Å². The molecule has 5 aromatic rings. The molecule has 8 heteroatoms. The molecule has 0 spiro atoms. The van der Waals surface area contributed by atoms with E-state index < -0.39 is 0 Å². The number of aromatic nitrogens is 2. The molecular formula is C39H44N4O4. The van der Waals surface area contributed by atoms with Crippen molar-refractivity contribution in [3.05, 3.63) is 83.7 Å². The van der Waals surface area contributed by atoms with E-state index in [1.165, 1.54) is 52.6 Å². The molecule has 2 heterocycles. The number of fused-ring (bicyclic) bond motifs is 5. The first-order valence-corrected chi connectivity index (χ1v) is 16.7. The van der Waals surface area contributed by atoms with Gasteiger partial charge in [-0.15, -0.1) is 0 Å². The third-order valence-corrected chi connectivity index (χ3v) is 9.77. The predicted molar refractivity (Wildman–Crippen MR) is 187 cm³/mol. The Morgan fingerprint density at radius 1 is 1.02 bits per heavy atom. The number of phenolic OH excluding ortho intramolecular Hbond substituents is 1. The van der Waals surface area contributed by atoms with E-state index in [0.29, 0.717) is 17.6 Å². The maximum absolute atomic E-state index is 12.6. The van der Waals surface area contributed by atoms with Crippen molar-refractivity contribution >= 4 is 34.1 Å². The van der Waals surface area contributed by atoms with Crippen molar-refractivity contribution in [1.29, 1.82) is 0 Å². The molecule has 1 saturated carbocycles. The Bertz CT molecular complexity index is 1910. The van der Waals surface area contributed by atoms with E-state index in [2.05, 4.69) is 73.1 Å². The summed E-state index contributed by atoms with van der Waals surface area (Å²) in [5, 5.41) is 12.5. The molecule has 244 valence electrons. The van der Waals surface area contributed by atoms with Crippen LogP contribution in [0.1, 0.15) is 74.9 Å². The van der Waals surface area contributed by atoms with E-state index in [1.54, 1.807) is 7.11 Å². The van der Waals surface area contributed by atoms with Crippen molar-refractivity contribution in [1.82, 2.24) is 14.9 Å². The lowest BCUT2D eigenvalue weighted by molar-refractivity contribution is -0.136. The molecule has 3 atom stereocenters. The number of imidazole rings is 1. The van der Waals surface area contributed by atoms with Crippen LogP contribution in [0.5, 0.6) is 5.75 Å². The zero-order chi connectivity index (χ0) is 33.1. The highest BCUT2D eigenvalue weighted by molar-refractivity contribution is 6.01. The van der Waals surface area contributed by atoms with Gasteiger partial charge in [0.2, 0.25) is 12.3 Å². The molecule has 2 aliphatic carbocycles. The lowest BCUT2D eigenvalue weighted by Gasteiger charge is -2.32. The van der Waals surface area contributed by atoms with Gasteiger partial charge in [-0.3, -0.25) is 9.59 Å². The lowest BCUT2D eigenvalue weighted by Crippen LogP contribution is -2.33. The van der Waals surface area contributed by atoms with Crippen LogP contribution in [0.4, 0.5) is 0 Å². The number of nitrogens with zero attached hydrogens (tertiary/aromatic N) is 2. The van der Waals surface area contributed by atoms with Gasteiger partial charge in [0, 0.05) is 19.0 Å². The van der Waals surface area contributed by atoms with Gasteiger partial charge < -0.3 is 25.5 Å². The third-order valence-electron chi connectivity index (χ3n) is 9.77. The van der Waals surface area contributed by atoms with Gasteiger partial charge in [0.15, 0.2) is 0 Å². The molecule has 0 bridgehead atoms. The van der Waals surface area contributed by atoms with Crippen LogP contribution in [-0.2, 0) is 20.7 Å². The molecule has 0 radical (unpaired) electrons. The Labute approximate surface area is 276 Å². The number of aromatic hydroxyl groups is 1. The number of primary amides is 1. The summed E-state index contributed by atoms with van der Waals surface area (Å²) < 4.78 is 5.11. The second kappa shape index (κ2) is 14.0. The fraction of sp³-hybridized carbons (Fsp3) is 0.359. The number of rotatable bonds is 5. The monoisotopic (exact) mass is 632 g/mol. The Balaban J connectivity index is 0.000000601. The van der Waals surface area contributed by atoms with Crippen LogP contribution < -0.4 is 5.73 Å². The number of nitrogens with two attached hydrogens (primary N) is 1. The number of hydrogen-bond donors (Lipinski definition) is 3. The topological polar surface area (TPSA) is 122 Å². The maximum atomic E-state index is 12.6. The summed E-state index contributed by atoms with van der Waals surface area (Å²) in [6, 6.07) is 23.2. The zero-order valence-corrected chi connectivity index (χ0v) is 27.5. The Kier molecular flexibility index (Phi) is 9.59. The van der Waals surface area contributed by atoms with Gasteiger partial charge in [-0.2, -0.15) is 0 Å². The van der Waals surface area contributed by atoms with Crippen LogP contribution in [0.2, 0.25) is 0 Å². The normalized spacial score (nSPS) is 19.2. The predicted octanol–water partition coefficient (Wildman–Crippen LogP) is 7.63. The molecule has 3 unspecified atom stereocenters. The van der Waals surface area contributed by atoms with Crippen LogP contribution in [0.3, 0.4) is 0 Å². The van der Waals surface area contributed by atoms with Gasteiger partial charge >= 0.3 is 0 Å². The number of benzene rings is 4.